The Balaban J connectivity index is 1.44. The molecule has 3 heteroatoms. The molecule has 0 aliphatic heterocycles. The number of hydrogen-bond donors (Lipinski definition) is 1. The van der Waals surface area contributed by atoms with Crippen LogP contribution in [0.5, 0.6) is 0 Å². The van der Waals surface area contributed by atoms with E-state index in [2.05, 4.69) is 21.2 Å². The molecule has 2 nitrogen and oxygen atoms in total. The van der Waals surface area contributed by atoms with Gasteiger partial charge in [-0.25, -0.2) is 0 Å². The Morgan fingerprint density at radius 1 is 0.950 bits per heavy atom. The van der Waals surface area contributed by atoms with E-state index in [0.29, 0.717) is 5.91 Å². The second-order valence-electron chi connectivity index (χ2n) is 7.60. The fourth-order valence-electron chi connectivity index (χ4n) is 5.36. The van der Waals surface area contributed by atoms with E-state index in [4.69, 9.17) is 0 Å². The molecule has 1 N–H and O–H groups in total. The molecule has 4 rings (SSSR count). The summed E-state index contributed by atoms with van der Waals surface area (Å²) in [6, 6.07) is 0. The van der Waals surface area contributed by atoms with Gasteiger partial charge in [0, 0.05) is 17.3 Å². The fourth-order valence-corrected chi connectivity index (χ4v) is 5.75. The maximum atomic E-state index is 12.2. The lowest BCUT2D eigenvalue weighted by atomic mass is 9.53. The van der Waals surface area contributed by atoms with Gasteiger partial charge in [-0.2, -0.15) is 0 Å². The molecule has 0 aromatic rings. The zero-order chi connectivity index (χ0) is 14.0. The molecule has 4 fully saturated rings. The molecule has 0 aromatic heterocycles. The van der Waals surface area contributed by atoms with Crippen molar-refractivity contribution in [1.82, 2.24) is 5.32 Å². The van der Waals surface area contributed by atoms with Gasteiger partial charge in [0.25, 0.3) is 0 Å². The summed E-state index contributed by atoms with van der Waals surface area (Å²) in [7, 11) is 0. The minimum absolute atomic E-state index is 0.210. The van der Waals surface area contributed by atoms with Crippen LogP contribution in [0.1, 0.15) is 70.6 Å². The summed E-state index contributed by atoms with van der Waals surface area (Å²) in [5, 5.41) is 4.56. The summed E-state index contributed by atoms with van der Waals surface area (Å²) in [4.78, 5) is 12.2. The largest absolute Gasteiger partial charge is 0.351 e. The lowest BCUT2D eigenvalue weighted by Gasteiger charge is -2.56. The molecular formula is C17H28BrNO. The molecule has 0 saturated heterocycles. The van der Waals surface area contributed by atoms with Crippen molar-refractivity contribution in [1.29, 1.82) is 0 Å². The first-order valence-electron chi connectivity index (χ1n) is 8.56. The van der Waals surface area contributed by atoms with Gasteiger partial charge < -0.3 is 5.32 Å². The third-order valence-electron chi connectivity index (χ3n) is 5.73. The first kappa shape index (κ1) is 14.9. The van der Waals surface area contributed by atoms with Crippen LogP contribution < -0.4 is 5.32 Å². The molecular weight excluding hydrogens is 314 g/mol. The molecule has 4 bridgehead atoms. The lowest BCUT2D eigenvalue weighted by Crippen LogP contribution is -2.59. The van der Waals surface area contributed by atoms with Crippen LogP contribution in [-0.4, -0.2) is 16.8 Å². The maximum absolute atomic E-state index is 12.2. The SMILES string of the molecule is O=C(CCCCCCBr)NC12CC3CC(CC(C3)C1)C2. The Labute approximate surface area is 131 Å². The van der Waals surface area contributed by atoms with Gasteiger partial charge in [0.05, 0.1) is 0 Å². The normalized spacial score (nSPS) is 38.1. The van der Waals surface area contributed by atoms with Crippen LogP contribution in [-0.2, 0) is 4.79 Å². The highest BCUT2D eigenvalue weighted by atomic mass is 79.9. The van der Waals surface area contributed by atoms with Gasteiger partial charge in [-0.3, -0.25) is 4.79 Å². The van der Waals surface area contributed by atoms with Gasteiger partial charge in [-0.15, -0.1) is 0 Å². The molecule has 4 aliphatic rings. The van der Waals surface area contributed by atoms with Gasteiger partial charge in [-0.05, 0) is 69.1 Å². The van der Waals surface area contributed by atoms with Gasteiger partial charge >= 0.3 is 0 Å². The van der Waals surface area contributed by atoms with Gasteiger partial charge in [-0.1, -0.05) is 28.8 Å². The van der Waals surface area contributed by atoms with Crippen molar-refractivity contribution < 1.29 is 4.79 Å². The van der Waals surface area contributed by atoms with Crippen LogP contribution in [0.4, 0.5) is 0 Å². The summed E-state index contributed by atoms with van der Waals surface area (Å²) in [5.74, 6) is 3.08. The van der Waals surface area contributed by atoms with E-state index < -0.39 is 0 Å². The average Bonchev–Trinajstić information content (AvgIpc) is 2.36. The Kier molecular flexibility index (Phi) is 4.74. The molecule has 4 saturated carbocycles. The van der Waals surface area contributed by atoms with Crippen molar-refractivity contribution in [2.45, 2.75) is 76.2 Å². The highest BCUT2D eigenvalue weighted by Crippen LogP contribution is 2.55. The van der Waals surface area contributed by atoms with E-state index in [1.54, 1.807) is 0 Å². The van der Waals surface area contributed by atoms with Crippen molar-refractivity contribution in [2.75, 3.05) is 5.33 Å². The van der Waals surface area contributed by atoms with E-state index in [-0.39, 0.29) is 5.54 Å². The first-order valence-corrected chi connectivity index (χ1v) is 9.68. The molecule has 0 spiro atoms. The minimum atomic E-state index is 0.210. The van der Waals surface area contributed by atoms with E-state index in [1.165, 1.54) is 57.8 Å². The van der Waals surface area contributed by atoms with Crippen LogP contribution in [0.25, 0.3) is 0 Å². The van der Waals surface area contributed by atoms with E-state index in [9.17, 15) is 4.79 Å². The third-order valence-corrected chi connectivity index (χ3v) is 6.29. The van der Waals surface area contributed by atoms with E-state index in [0.717, 1.165) is 35.9 Å². The highest BCUT2D eigenvalue weighted by molar-refractivity contribution is 9.09. The number of rotatable bonds is 7. The number of alkyl halides is 1. The number of halogens is 1. The van der Waals surface area contributed by atoms with E-state index >= 15 is 0 Å². The monoisotopic (exact) mass is 341 g/mol. The molecule has 0 atom stereocenters. The second kappa shape index (κ2) is 6.37. The van der Waals surface area contributed by atoms with Crippen LogP contribution in [0.2, 0.25) is 0 Å². The summed E-state index contributed by atoms with van der Waals surface area (Å²) in [5.41, 5.74) is 0.210. The Morgan fingerprint density at radius 3 is 2.05 bits per heavy atom. The van der Waals surface area contributed by atoms with Gasteiger partial charge in [0.1, 0.15) is 0 Å². The standard InChI is InChI=1S/C17H28BrNO/c18-6-4-2-1-3-5-16(20)19-17-10-13-7-14(11-17)9-15(8-13)12-17/h13-15H,1-12H2,(H,19,20). The lowest BCUT2D eigenvalue weighted by molar-refractivity contribution is -0.127. The zero-order valence-corrected chi connectivity index (χ0v) is 14.1. The molecule has 0 aromatic carbocycles. The molecule has 1 amide bonds. The first-order chi connectivity index (χ1) is 9.69. The number of carbonyl (C=O) groups is 1. The van der Waals surface area contributed by atoms with E-state index in [1.807, 2.05) is 0 Å². The minimum Gasteiger partial charge on any atom is -0.351 e. The Hall–Kier alpha value is -0.0500. The van der Waals surface area contributed by atoms with Crippen molar-refractivity contribution in [2.24, 2.45) is 17.8 Å². The quantitative estimate of drug-likeness (QED) is 0.539. The van der Waals surface area contributed by atoms with Crippen LogP contribution in [0, 0.1) is 17.8 Å². The zero-order valence-electron chi connectivity index (χ0n) is 12.5. The Morgan fingerprint density at radius 2 is 1.50 bits per heavy atom. The number of nitrogens with one attached hydrogen (secondary N) is 1. The number of carbonyl (C=O) groups excluding carboxylic acids is 1. The molecule has 20 heavy (non-hydrogen) atoms. The molecule has 0 radical (unpaired) electrons. The predicted molar refractivity (Wildman–Crippen MR) is 85.9 cm³/mol. The molecule has 0 heterocycles. The predicted octanol–water partition coefficient (Wildman–Crippen LogP) is 4.42. The topological polar surface area (TPSA) is 29.1 Å². The van der Waals surface area contributed by atoms with Crippen LogP contribution >= 0.6 is 15.9 Å². The number of amides is 1. The number of unbranched alkanes of at least 4 members (excludes halogenated alkanes) is 3. The van der Waals surface area contributed by atoms with Crippen molar-refractivity contribution >= 4 is 21.8 Å². The summed E-state index contributed by atoms with van der Waals surface area (Å²) < 4.78 is 0. The average molecular weight is 342 g/mol. The number of hydrogen-bond acceptors (Lipinski definition) is 1. The molecule has 0 unspecified atom stereocenters. The molecule has 4 aliphatic carbocycles. The smallest absolute Gasteiger partial charge is 0.220 e. The van der Waals surface area contributed by atoms with Crippen LogP contribution in [0.15, 0.2) is 0 Å². The van der Waals surface area contributed by atoms with Gasteiger partial charge in [0.2, 0.25) is 5.91 Å². The maximum Gasteiger partial charge on any atom is 0.220 e. The van der Waals surface area contributed by atoms with Gasteiger partial charge in [0.15, 0.2) is 0 Å². The van der Waals surface area contributed by atoms with Crippen molar-refractivity contribution in [3.05, 3.63) is 0 Å². The Bertz CT molecular complexity index is 320. The summed E-state index contributed by atoms with van der Waals surface area (Å²) in [6.45, 7) is 0. The summed E-state index contributed by atoms with van der Waals surface area (Å²) >= 11 is 3.45. The molecule has 114 valence electrons. The summed E-state index contributed by atoms with van der Waals surface area (Å²) in [6.07, 6.45) is 13.6. The van der Waals surface area contributed by atoms with Crippen LogP contribution in [0.3, 0.4) is 0 Å². The second-order valence-corrected chi connectivity index (χ2v) is 8.39. The fraction of sp³-hybridized carbons (Fsp3) is 0.941. The highest BCUT2D eigenvalue weighted by Gasteiger charge is 2.51. The van der Waals surface area contributed by atoms with Crippen molar-refractivity contribution in [3.63, 3.8) is 0 Å². The third kappa shape index (κ3) is 3.40. The van der Waals surface area contributed by atoms with Crippen molar-refractivity contribution in [3.8, 4) is 0 Å².